The van der Waals surface area contributed by atoms with E-state index in [1.807, 2.05) is 42.5 Å². The van der Waals surface area contributed by atoms with Crippen LogP contribution in [0, 0.1) is 0 Å². The Bertz CT molecular complexity index is 800. The molecule has 1 heterocycles. The minimum Gasteiger partial charge on any atom is -0.366 e. The fourth-order valence-corrected chi connectivity index (χ4v) is 2.63. The number of aromatic nitrogens is 1. The Hall–Kier alpha value is -2.39. The highest BCUT2D eigenvalue weighted by Crippen LogP contribution is 2.22. The van der Waals surface area contributed by atoms with E-state index >= 15 is 0 Å². The molecule has 0 aliphatic heterocycles. The quantitative estimate of drug-likeness (QED) is 0.735. The molecule has 0 amide bonds. The minimum absolute atomic E-state index is 0.295. The first-order chi connectivity index (χ1) is 10.6. The molecule has 1 atom stereocenters. The van der Waals surface area contributed by atoms with Crippen molar-refractivity contribution >= 4 is 16.7 Å². The van der Waals surface area contributed by atoms with Crippen LogP contribution in [-0.4, -0.2) is 15.5 Å². The molecule has 0 saturated carbocycles. The van der Waals surface area contributed by atoms with Crippen molar-refractivity contribution in [1.82, 2.24) is 4.57 Å². The second-order valence-corrected chi connectivity index (χ2v) is 5.80. The van der Waals surface area contributed by atoms with Gasteiger partial charge in [-0.25, -0.2) is 0 Å². The average molecular weight is 293 g/mol. The van der Waals surface area contributed by atoms with Crippen LogP contribution in [0.5, 0.6) is 0 Å². The fraction of sp³-hybridized carbons (Fsp3) is 0.211. The highest BCUT2D eigenvalue weighted by molar-refractivity contribution is 5.99. The SMILES string of the molecule is CC(C)c1ccc(C(=O)C(O)n2ccc3ccccc32)cc1. The molecule has 22 heavy (non-hydrogen) atoms. The summed E-state index contributed by atoms with van der Waals surface area (Å²) in [5.74, 6) is 0.124. The summed E-state index contributed by atoms with van der Waals surface area (Å²) < 4.78 is 1.61. The molecule has 0 spiro atoms. The van der Waals surface area contributed by atoms with Crippen molar-refractivity contribution in [3.05, 3.63) is 71.9 Å². The molecule has 0 aliphatic rings. The maximum atomic E-state index is 12.5. The smallest absolute Gasteiger partial charge is 0.212 e. The van der Waals surface area contributed by atoms with Crippen LogP contribution in [0.3, 0.4) is 0 Å². The second-order valence-electron chi connectivity index (χ2n) is 5.80. The van der Waals surface area contributed by atoms with Gasteiger partial charge in [0.25, 0.3) is 0 Å². The summed E-state index contributed by atoms with van der Waals surface area (Å²) in [5.41, 5.74) is 2.55. The maximum Gasteiger partial charge on any atom is 0.212 e. The lowest BCUT2D eigenvalue weighted by atomic mass is 10.00. The molecular formula is C19H19NO2. The third-order valence-corrected chi connectivity index (χ3v) is 3.99. The van der Waals surface area contributed by atoms with E-state index in [0.29, 0.717) is 11.5 Å². The first kappa shape index (κ1) is 14.5. The van der Waals surface area contributed by atoms with Crippen molar-refractivity contribution in [3.8, 4) is 0 Å². The molecule has 3 nitrogen and oxygen atoms in total. The van der Waals surface area contributed by atoms with Gasteiger partial charge < -0.3 is 9.67 Å². The van der Waals surface area contributed by atoms with Crippen LogP contribution < -0.4 is 0 Å². The van der Waals surface area contributed by atoms with Gasteiger partial charge in [0, 0.05) is 11.8 Å². The van der Waals surface area contributed by atoms with E-state index in [9.17, 15) is 9.90 Å². The average Bonchev–Trinajstić information content (AvgIpc) is 2.97. The van der Waals surface area contributed by atoms with Gasteiger partial charge in [0.2, 0.25) is 5.78 Å². The van der Waals surface area contributed by atoms with Gasteiger partial charge >= 0.3 is 0 Å². The monoisotopic (exact) mass is 293 g/mol. The van der Waals surface area contributed by atoms with Gasteiger partial charge in [-0.15, -0.1) is 0 Å². The van der Waals surface area contributed by atoms with Gasteiger partial charge in [-0.3, -0.25) is 4.79 Å². The van der Waals surface area contributed by atoms with Gasteiger partial charge in [-0.05, 0) is 29.0 Å². The fourth-order valence-electron chi connectivity index (χ4n) is 2.63. The molecule has 0 saturated heterocycles. The number of fused-ring (bicyclic) bond motifs is 1. The summed E-state index contributed by atoms with van der Waals surface area (Å²) in [6.07, 6.45) is 0.542. The van der Waals surface area contributed by atoms with Crippen molar-refractivity contribution in [2.24, 2.45) is 0 Å². The molecule has 0 radical (unpaired) electrons. The van der Waals surface area contributed by atoms with Gasteiger partial charge in [-0.2, -0.15) is 0 Å². The number of benzene rings is 2. The minimum atomic E-state index is -1.20. The lowest BCUT2D eigenvalue weighted by Gasteiger charge is -2.14. The summed E-state index contributed by atoms with van der Waals surface area (Å²) in [7, 11) is 0. The van der Waals surface area contributed by atoms with Gasteiger partial charge in [0.05, 0.1) is 5.52 Å². The molecular weight excluding hydrogens is 274 g/mol. The van der Waals surface area contributed by atoms with Crippen molar-refractivity contribution in [1.29, 1.82) is 0 Å². The number of aliphatic hydroxyl groups is 1. The van der Waals surface area contributed by atoms with Crippen LogP contribution in [0.2, 0.25) is 0 Å². The van der Waals surface area contributed by atoms with Crippen molar-refractivity contribution in [3.63, 3.8) is 0 Å². The molecule has 1 aromatic heterocycles. The van der Waals surface area contributed by atoms with E-state index in [0.717, 1.165) is 10.9 Å². The van der Waals surface area contributed by atoms with E-state index in [1.54, 1.807) is 22.9 Å². The Balaban J connectivity index is 1.91. The molecule has 3 aromatic rings. The van der Waals surface area contributed by atoms with E-state index in [-0.39, 0.29) is 5.78 Å². The normalized spacial score (nSPS) is 12.7. The highest BCUT2D eigenvalue weighted by atomic mass is 16.3. The predicted octanol–water partition coefficient (Wildman–Crippen LogP) is 4.14. The van der Waals surface area contributed by atoms with Crippen LogP contribution in [0.15, 0.2) is 60.8 Å². The highest BCUT2D eigenvalue weighted by Gasteiger charge is 2.20. The molecule has 3 heteroatoms. The molecule has 0 aliphatic carbocycles. The zero-order chi connectivity index (χ0) is 15.7. The number of hydrogen-bond acceptors (Lipinski definition) is 2. The third kappa shape index (κ3) is 2.55. The van der Waals surface area contributed by atoms with Crippen LogP contribution in [0.4, 0.5) is 0 Å². The Morgan fingerprint density at radius 2 is 1.68 bits per heavy atom. The predicted molar refractivity (Wildman–Crippen MR) is 88.1 cm³/mol. The van der Waals surface area contributed by atoms with Crippen LogP contribution in [0.1, 0.15) is 41.9 Å². The first-order valence-corrected chi connectivity index (χ1v) is 7.46. The number of Topliss-reactive ketones (excluding diaryl/α,β-unsaturated/α-hetero) is 1. The lowest BCUT2D eigenvalue weighted by Crippen LogP contribution is -2.18. The number of nitrogens with zero attached hydrogens (tertiary/aromatic N) is 1. The molecule has 1 N–H and O–H groups in total. The van der Waals surface area contributed by atoms with E-state index in [1.165, 1.54) is 5.56 Å². The molecule has 112 valence electrons. The maximum absolute atomic E-state index is 12.5. The van der Waals surface area contributed by atoms with Gasteiger partial charge in [0.15, 0.2) is 6.23 Å². The number of ketones is 1. The zero-order valence-electron chi connectivity index (χ0n) is 12.7. The van der Waals surface area contributed by atoms with Crippen LogP contribution >= 0.6 is 0 Å². The Morgan fingerprint density at radius 1 is 1.00 bits per heavy atom. The summed E-state index contributed by atoms with van der Waals surface area (Å²) in [5, 5.41) is 11.4. The third-order valence-electron chi connectivity index (χ3n) is 3.99. The largest absolute Gasteiger partial charge is 0.366 e. The molecule has 1 unspecified atom stereocenters. The first-order valence-electron chi connectivity index (χ1n) is 7.46. The summed E-state index contributed by atoms with van der Waals surface area (Å²) in [6.45, 7) is 4.22. The number of aliphatic hydroxyl groups excluding tert-OH is 1. The Kier molecular flexibility index (Phi) is 3.82. The topological polar surface area (TPSA) is 42.2 Å². The number of rotatable bonds is 4. The standard InChI is InChI=1S/C19H19NO2/c1-13(2)14-7-9-16(10-8-14)18(21)19(22)20-12-11-15-5-3-4-6-17(15)20/h3-13,19,22H,1-2H3. The van der Waals surface area contributed by atoms with Crippen molar-refractivity contribution in [2.75, 3.05) is 0 Å². The lowest BCUT2D eigenvalue weighted by molar-refractivity contribution is 0.0588. The molecule has 0 bridgehead atoms. The summed E-state index contributed by atoms with van der Waals surface area (Å²) >= 11 is 0. The van der Waals surface area contributed by atoms with Crippen molar-refractivity contribution < 1.29 is 9.90 Å². The molecule has 0 fully saturated rings. The number of hydrogen-bond donors (Lipinski definition) is 1. The number of carbonyl (C=O) groups excluding carboxylic acids is 1. The van der Waals surface area contributed by atoms with E-state index in [2.05, 4.69) is 13.8 Å². The Morgan fingerprint density at radius 3 is 2.36 bits per heavy atom. The number of para-hydroxylation sites is 1. The van der Waals surface area contributed by atoms with Gasteiger partial charge in [-0.1, -0.05) is 56.3 Å². The van der Waals surface area contributed by atoms with Crippen molar-refractivity contribution in [2.45, 2.75) is 26.0 Å². The van der Waals surface area contributed by atoms with E-state index in [4.69, 9.17) is 0 Å². The summed E-state index contributed by atoms with van der Waals surface area (Å²) in [6, 6.07) is 17.0. The Labute approximate surface area is 129 Å². The zero-order valence-corrected chi connectivity index (χ0v) is 12.7. The van der Waals surface area contributed by atoms with Crippen LogP contribution in [0.25, 0.3) is 10.9 Å². The van der Waals surface area contributed by atoms with Gasteiger partial charge in [0.1, 0.15) is 0 Å². The second kappa shape index (κ2) is 5.78. The molecule has 3 rings (SSSR count). The van der Waals surface area contributed by atoms with Crippen LogP contribution in [-0.2, 0) is 0 Å². The van der Waals surface area contributed by atoms with E-state index < -0.39 is 6.23 Å². The summed E-state index contributed by atoms with van der Waals surface area (Å²) in [4.78, 5) is 12.5. The molecule has 2 aromatic carbocycles. The number of carbonyl (C=O) groups is 1.